The van der Waals surface area contributed by atoms with E-state index in [2.05, 4.69) is 26.0 Å². The van der Waals surface area contributed by atoms with Crippen molar-refractivity contribution in [3.05, 3.63) is 34.1 Å². The van der Waals surface area contributed by atoms with Gasteiger partial charge in [-0.3, -0.25) is 5.32 Å². The van der Waals surface area contributed by atoms with Crippen molar-refractivity contribution in [1.82, 2.24) is 5.32 Å². The summed E-state index contributed by atoms with van der Waals surface area (Å²) < 4.78 is 31.2. The zero-order chi connectivity index (χ0) is 27.3. The van der Waals surface area contributed by atoms with Gasteiger partial charge in [0.1, 0.15) is 22.6 Å². The molecule has 0 radical (unpaired) electrons. The standard InChI is InChI=1S/C19H24BrFN2O4S.C5H11NO2/c1-18(2,3)27-17(25)22-16-23-19(14-7-12(20)4-5-15(14)21)10-26-13(8-24)6-11(19)9-28-16;1-5(2,3)8-4(6)7/h4-5,7,11,13,24H,6,8-10H2,1-3H3,(H,22,23,25);1-3H3,(H2,6,7)/t11-,13+,19-;/m0./s1. The molecule has 9 nitrogen and oxygen atoms in total. The second kappa shape index (κ2) is 12.1. The number of rotatable bonds is 2. The highest BCUT2D eigenvalue weighted by Crippen LogP contribution is 2.47. The van der Waals surface area contributed by atoms with E-state index in [9.17, 15) is 19.1 Å². The summed E-state index contributed by atoms with van der Waals surface area (Å²) in [6.45, 7) is 10.6. The first-order chi connectivity index (χ1) is 16.5. The summed E-state index contributed by atoms with van der Waals surface area (Å²) in [5, 5.41) is 12.5. The summed E-state index contributed by atoms with van der Waals surface area (Å²) in [5.74, 6) is 0.184. The van der Waals surface area contributed by atoms with Gasteiger partial charge >= 0.3 is 12.2 Å². The highest BCUT2D eigenvalue weighted by molar-refractivity contribution is 9.10. The molecule has 12 heteroatoms. The first-order valence-electron chi connectivity index (χ1n) is 11.4. The van der Waals surface area contributed by atoms with Gasteiger partial charge in [0.05, 0.1) is 19.3 Å². The van der Waals surface area contributed by atoms with E-state index in [4.69, 9.17) is 20.2 Å². The number of carbonyl (C=O) groups excluding carboxylic acids is 2. The van der Waals surface area contributed by atoms with Crippen LogP contribution in [0.2, 0.25) is 0 Å². The molecule has 0 saturated carbocycles. The van der Waals surface area contributed by atoms with E-state index in [0.29, 0.717) is 22.9 Å². The lowest BCUT2D eigenvalue weighted by Gasteiger charge is -2.46. The fourth-order valence-electron chi connectivity index (χ4n) is 3.74. The SMILES string of the molecule is CC(C)(C)OC(=O)NC1=N[C@@]2(c3cc(Br)ccc3F)CO[C@@H](CO)C[C@H]2CS1.CC(C)(C)OC(N)=O. The molecule has 0 unspecified atom stereocenters. The van der Waals surface area contributed by atoms with Gasteiger partial charge in [-0.15, -0.1) is 0 Å². The second-order valence-corrected chi connectivity index (χ2v) is 12.4. The minimum Gasteiger partial charge on any atom is -0.444 e. The lowest BCUT2D eigenvalue weighted by atomic mass is 9.75. The molecule has 2 aliphatic heterocycles. The third kappa shape index (κ3) is 8.89. The van der Waals surface area contributed by atoms with Crippen molar-refractivity contribution in [3.63, 3.8) is 0 Å². The van der Waals surface area contributed by atoms with Gasteiger partial charge in [0.2, 0.25) is 0 Å². The predicted molar refractivity (Wildman–Crippen MR) is 140 cm³/mol. The molecule has 2 heterocycles. The normalized spacial score (nSPS) is 23.9. The number of nitrogens with two attached hydrogens (primary N) is 1. The summed E-state index contributed by atoms with van der Waals surface area (Å²) in [5.41, 5.74) is 3.06. The number of benzene rings is 1. The zero-order valence-corrected chi connectivity index (χ0v) is 23.8. The molecule has 1 saturated heterocycles. The summed E-state index contributed by atoms with van der Waals surface area (Å²) >= 11 is 4.78. The van der Waals surface area contributed by atoms with Crippen LogP contribution in [-0.4, -0.2) is 58.7 Å². The van der Waals surface area contributed by atoms with E-state index >= 15 is 0 Å². The Balaban J connectivity index is 0.000000493. The minimum absolute atomic E-state index is 0.0450. The number of carbonyl (C=O) groups is 2. The van der Waals surface area contributed by atoms with Crippen LogP contribution in [0.1, 0.15) is 53.5 Å². The molecule has 2 aliphatic rings. The number of ether oxygens (including phenoxy) is 3. The fourth-order valence-corrected chi connectivity index (χ4v) is 5.25. The molecule has 1 aromatic carbocycles. The van der Waals surface area contributed by atoms with Crippen molar-refractivity contribution < 1.29 is 33.3 Å². The molecule has 3 rings (SSSR count). The molecule has 0 aliphatic carbocycles. The lowest BCUT2D eigenvalue weighted by Crippen LogP contribution is -2.52. The molecule has 2 amide bonds. The summed E-state index contributed by atoms with van der Waals surface area (Å²) in [7, 11) is 0. The minimum atomic E-state index is -0.977. The van der Waals surface area contributed by atoms with Crippen molar-refractivity contribution >= 4 is 45.0 Å². The first kappa shape index (κ1) is 30.3. The van der Waals surface area contributed by atoms with E-state index in [1.807, 2.05) is 0 Å². The highest BCUT2D eigenvalue weighted by Gasteiger charge is 2.49. The average Bonchev–Trinajstić information content (AvgIpc) is 2.72. The molecule has 3 atom stereocenters. The van der Waals surface area contributed by atoms with E-state index in [1.165, 1.54) is 17.8 Å². The van der Waals surface area contributed by atoms with E-state index in [0.717, 1.165) is 4.47 Å². The van der Waals surface area contributed by atoms with Crippen molar-refractivity contribution in [3.8, 4) is 0 Å². The van der Waals surface area contributed by atoms with Crippen molar-refractivity contribution in [2.24, 2.45) is 16.6 Å². The number of amidine groups is 1. The molecule has 1 fully saturated rings. The molecule has 0 spiro atoms. The molecule has 1 aromatic rings. The summed E-state index contributed by atoms with van der Waals surface area (Å²) in [6, 6.07) is 4.73. The molecule has 36 heavy (non-hydrogen) atoms. The average molecular weight is 593 g/mol. The molecule has 0 bridgehead atoms. The maximum Gasteiger partial charge on any atom is 0.413 e. The number of aliphatic imine (C=N–C) groups is 1. The van der Waals surface area contributed by atoms with Crippen LogP contribution in [0, 0.1) is 11.7 Å². The fraction of sp³-hybridized carbons (Fsp3) is 0.625. The van der Waals surface area contributed by atoms with E-state index in [-0.39, 0.29) is 31.1 Å². The number of nitrogens with zero attached hydrogens (tertiary/aromatic N) is 1. The number of hydrogen-bond acceptors (Lipinski definition) is 8. The predicted octanol–water partition coefficient (Wildman–Crippen LogP) is 4.69. The maximum atomic E-state index is 14.8. The molecular weight excluding hydrogens is 557 g/mol. The molecule has 202 valence electrons. The largest absolute Gasteiger partial charge is 0.444 e. The summed E-state index contributed by atoms with van der Waals surface area (Å²) in [4.78, 5) is 26.9. The Morgan fingerprint density at radius 1 is 1.28 bits per heavy atom. The molecule has 0 aromatic heterocycles. The van der Waals surface area contributed by atoms with Gasteiger partial charge in [0.15, 0.2) is 5.17 Å². The lowest BCUT2D eigenvalue weighted by molar-refractivity contribution is -0.0771. The Morgan fingerprint density at radius 2 is 1.92 bits per heavy atom. The van der Waals surface area contributed by atoms with Gasteiger partial charge < -0.3 is 25.1 Å². The smallest absolute Gasteiger partial charge is 0.413 e. The van der Waals surface area contributed by atoms with Crippen LogP contribution >= 0.6 is 27.7 Å². The number of fused-ring (bicyclic) bond motifs is 1. The van der Waals surface area contributed by atoms with Crippen LogP contribution in [0.15, 0.2) is 27.7 Å². The topological polar surface area (TPSA) is 132 Å². The van der Waals surface area contributed by atoms with Crippen LogP contribution in [0.5, 0.6) is 0 Å². The Bertz CT molecular complexity index is 982. The van der Waals surface area contributed by atoms with Crippen LogP contribution in [0.25, 0.3) is 0 Å². The zero-order valence-electron chi connectivity index (χ0n) is 21.4. The van der Waals surface area contributed by atoms with Gasteiger partial charge in [-0.2, -0.15) is 0 Å². The Kier molecular flexibility index (Phi) is 10.2. The number of hydrogen-bond donors (Lipinski definition) is 3. The summed E-state index contributed by atoms with van der Waals surface area (Å²) in [6.07, 6.45) is -1.08. The van der Waals surface area contributed by atoms with Gasteiger partial charge in [0.25, 0.3) is 0 Å². The monoisotopic (exact) mass is 591 g/mol. The number of thioether (sulfide) groups is 1. The number of alkyl carbamates (subject to hydrolysis) is 1. The Morgan fingerprint density at radius 3 is 2.44 bits per heavy atom. The number of primary amides is 1. The quantitative estimate of drug-likeness (QED) is 0.454. The second-order valence-electron chi connectivity index (χ2n) is 10.5. The van der Waals surface area contributed by atoms with Crippen LogP contribution in [0.4, 0.5) is 14.0 Å². The molecule has 4 N–H and O–H groups in total. The van der Waals surface area contributed by atoms with Crippen LogP contribution in [-0.2, 0) is 19.7 Å². The Hall–Kier alpha value is -1.89. The number of nitrogens with one attached hydrogen (secondary N) is 1. The highest BCUT2D eigenvalue weighted by atomic mass is 79.9. The number of amides is 2. The van der Waals surface area contributed by atoms with Gasteiger partial charge in [-0.25, -0.2) is 19.0 Å². The van der Waals surface area contributed by atoms with Crippen molar-refractivity contribution in [1.29, 1.82) is 0 Å². The van der Waals surface area contributed by atoms with Gasteiger partial charge in [-0.05, 0) is 66.2 Å². The van der Waals surface area contributed by atoms with Gasteiger partial charge in [0, 0.05) is 21.7 Å². The van der Waals surface area contributed by atoms with E-state index < -0.39 is 28.9 Å². The van der Waals surface area contributed by atoms with Crippen molar-refractivity contribution in [2.45, 2.75) is 70.8 Å². The first-order valence-corrected chi connectivity index (χ1v) is 13.2. The Labute approximate surface area is 223 Å². The van der Waals surface area contributed by atoms with Crippen LogP contribution in [0.3, 0.4) is 0 Å². The van der Waals surface area contributed by atoms with Crippen molar-refractivity contribution in [2.75, 3.05) is 19.0 Å². The van der Waals surface area contributed by atoms with Gasteiger partial charge in [-0.1, -0.05) is 27.7 Å². The number of aliphatic hydroxyl groups excluding tert-OH is 1. The third-order valence-corrected chi connectivity index (χ3v) is 6.63. The van der Waals surface area contributed by atoms with Crippen LogP contribution < -0.4 is 11.1 Å². The number of aliphatic hydroxyl groups is 1. The number of halogens is 2. The molecular formula is C24H35BrFN3O6S. The third-order valence-electron chi connectivity index (χ3n) is 5.10. The maximum absolute atomic E-state index is 14.8. The van der Waals surface area contributed by atoms with E-state index in [1.54, 1.807) is 53.7 Å².